The average molecular weight is 479 g/mol. The Morgan fingerprint density at radius 2 is 1.94 bits per heavy atom. The van der Waals surface area contributed by atoms with Gasteiger partial charge in [0.1, 0.15) is 6.61 Å². The first-order valence-corrected chi connectivity index (χ1v) is 11.9. The molecule has 0 amide bonds. The van der Waals surface area contributed by atoms with Crippen LogP contribution in [0.1, 0.15) is 30.0 Å². The van der Waals surface area contributed by atoms with Crippen molar-refractivity contribution in [3.05, 3.63) is 81.8 Å². The minimum atomic E-state index is -1.85. The number of ether oxygens (including phenoxy) is 1. The third-order valence-corrected chi connectivity index (χ3v) is 7.63. The zero-order valence-corrected chi connectivity index (χ0v) is 19.8. The van der Waals surface area contributed by atoms with E-state index < -0.39 is 11.6 Å². The minimum absolute atomic E-state index is 0.107. The van der Waals surface area contributed by atoms with Crippen LogP contribution >= 0.6 is 0 Å². The van der Waals surface area contributed by atoms with Crippen molar-refractivity contribution < 1.29 is 14.6 Å². The fourth-order valence-electron chi connectivity index (χ4n) is 5.66. The number of carbonyl (C=O) groups is 1. The van der Waals surface area contributed by atoms with Gasteiger partial charge in [-0.05, 0) is 35.7 Å². The number of cyclic esters (lactones) is 1. The van der Waals surface area contributed by atoms with Crippen molar-refractivity contribution in [1.29, 1.82) is 0 Å². The van der Waals surface area contributed by atoms with Gasteiger partial charge in [-0.2, -0.15) is 5.10 Å². The molecule has 1 atom stereocenters. The van der Waals surface area contributed by atoms with Crippen LogP contribution in [0.3, 0.4) is 0 Å². The Morgan fingerprint density at radius 1 is 1.11 bits per heavy atom. The number of fused-ring (bicyclic) bond motifs is 6. The van der Waals surface area contributed by atoms with Crippen molar-refractivity contribution in [3.63, 3.8) is 0 Å². The molecule has 8 nitrogen and oxygen atoms in total. The van der Waals surface area contributed by atoms with E-state index in [1.165, 1.54) is 0 Å². The normalized spacial score (nSPS) is 18.2. The van der Waals surface area contributed by atoms with Gasteiger partial charge in [-0.3, -0.25) is 9.48 Å². The molecule has 1 N–H and O–H groups in total. The Kier molecular flexibility index (Phi) is 4.15. The highest BCUT2D eigenvalue weighted by Gasteiger charge is 2.45. The number of aromatic nitrogens is 4. The summed E-state index contributed by atoms with van der Waals surface area (Å²) in [4.78, 5) is 31.1. The van der Waals surface area contributed by atoms with E-state index in [4.69, 9.17) is 9.72 Å². The monoisotopic (exact) mass is 478 g/mol. The van der Waals surface area contributed by atoms with Gasteiger partial charge in [-0.25, -0.2) is 9.78 Å². The summed E-state index contributed by atoms with van der Waals surface area (Å²) in [6.07, 6.45) is 1.95. The van der Waals surface area contributed by atoms with Crippen LogP contribution in [0.4, 0.5) is 0 Å². The molecule has 0 radical (unpaired) electrons. The Labute approximate surface area is 205 Å². The number of hydrogen-bond donors (Lipinski definition) is 1. The summed E-state index contributed by atoms with van der Waals surface area (Å²) in [7, 11) is 1.92. The van der Waals surface area contributed by atoms with E-state index >= 15 is 0 Å². The Hall–Kier alpha value is -4.30. The molecule has 5 heterocycles. The van der Waals surface area contributed by atoms with Gasteiger partial charge in [0.25, 0.3) is 5.56 Å². The van der Waals surface area contributed by atoms with Crippen molar-refractivity contribution in [2.24, 2.45) is 7.05 Å². The Bertz CT molecular complexity index is 1830. The summed E-state index contributed by atoms with van der Waals surface area (Å²) in [6, 6.07) is 15.9. The number of esters is 1. The number of hydrogen-bond acceptors (Lipinski definition) is 6. The lowest BCUT2D eigenvalue weighted by Crippen LogP contribution is -2.44. The fourth-order valence-corrected chi connectivity index (χ4v) is 5.66. The molecule has 36 heavy (non-hydrogen) atoms. The van der Waals surface area contributed by atoms with Gasteiger partial charge in [-0.1, -0.05) is 37.3 Å². The number of rotatable bonds is 2. The van der Waals surface area contributed by atoms with E-state index in [2.05, 4.69) is 23.3 Å². The second-order valence-electron chi connectivity index (χ2n) is 9.48. The molecule has 0 bridgehead atoms. The summed E-state index contributed by atoms with van der Waals surface area (Å²) in [6.45, 7) is 1.89. The van der Waals surface area contributed by atoms with E-state index in [0.717, 1.165) is 38.5 Å². The van der Waals surface area contributed by atoms with Crippen LogP contribution in [-0.4, -0.2) is 30.4 Å². The number of aliphatic hydroxyl groups is 1. The summed E-state index contributed by atoms with van der Waals surface area (Å²) >= 11 is 0. The smallest absolute Gasteiger partial charge is 0.343 e. The predicted molar refractivity (Wildman–Crippen MR) is 134 cm³/mol. The zero-order valence-electron chi connectivity index (χ0n) is 19.8. The predicted octanol–water partition coefficient (Wildman–Crippen LogP) is 3.63. The van der Waals surface area contributed by atoms with Crippen molar-refractivity contribution in [2.75, 3.05) is 0 Å². The van der Waals surface area contributed by atoms with Gasteiger partial charge in [0.05, 0.1) is 40.7 Å². The molecule has 0 fully saturated rings. The molecule has 0 spiro atoms. The number of pyridine rings is 2. The fraction of sp³-hybridized carbons (Fsp3) is 0.214. The van der Waals surface area contributed by atoms with Crippen LogP contribution in [0.5, 0.6) is 0 Å². The maximum absolute atomic E-state index is 13.6. The second-order valence-corrected chi connectivity index (χ2v) is 9.48. The molecule has 0 saturated carbocycles. The number of carbonyl (C=O) groups excluding carboxylic acids is 1. The molecular weight excluding hydrogens is 456 g/mol. The molecule has 178 valence electrons. The summed E-state index contributed by atoms with van der Waals surface area (Å²) in [5.74, 6) is -0.725. The quantitative estimate of drug-likeness (QED) is 0.382. The topological polar surface area (TPSA) is 99.2 Å². The number of benzene rings is 2. The van der Waals surface area contributed by atoms with Gasteiger partial charge >= 0.3 is 5.97 Å². The SMILES string of the molecule is CC[C@@]1(O)C(=O)OCc2c1cc1n(c2=O)Cc2c-1nc1ccccc1c2-c1ccc2cnn(C)c2c1. The number of aryl methyl sites for hydroxylation is 1. The average Bonchev–Trinajstić information content (AvgIpc) is 3.45. The van der Waals surface area contributed by atoms with E-state index in [9.17, 15) is 14.7 Å². The lowest BCUT2D eigenvalue weighted by molar-refractivity contribution is -0.172. The van der Waals surface area contributed by atoms with Gasteiger partial charge in [-0.15, -0.1) is 0 Å². The zero-order chi connectivity index (χ0) is 24.8. The van der Waals surface area contributed by atoms with Crippen LogP contribution in [0.25, 0.3) is 44.3 Å². The Morgan fingerprint density at radius 3 is 2.78 bits per heavy atom. The standard InChI is InChI=1S/C28H22N4O4/c1-3-28(35)20-11-23-25-18(13-32(23)26(33)19(20)14-36-27(28)34)24(17-6-4-5-7-21(17)30-25)15-8-9-16-12-29-31(2)22(16)10-15/h4-12,35H,3,13-14H2,1-2H3/t28-/m0/s1. The van der Waals surface area contributed by atoms with Crippen LogP contribution in [0.2, 0.25) is 0 Å². The third kappa shape index (κ3) is 2.62. The Balaban J connectivity index is 1.55. The van der Waals surface area contributed by atoms with Crippen LogP contribution < -0.4 is 5.56 Å². The second kappa shape index (κ2) is 7.11. The van der Waals surface area contributed by atoms with Gasteiger partial charge in [0.15, 0.2) is 5.60 Å². The molecule has 0 aliphatic carbocycles. The van der Waals surface area contributed by atoms with Gasteiger partial charge < -0.3 is 14.4 Å². The molecule has 2 aliphatic heterocycles. The molecular formula is C28H22N4O4. The maximum atomic E-state index is 13.6. The lowest BCUT2D eigenvalue weighted by atomic mass is 9.86. The van der Waals surface area contributed by atoms with Gasteiger partial charge in [0.2, 0.25) is 0 Å². The number of nitrogens with zero attached hydrogens (tertiary/aromatic N) is 4. The van der Waals surface area contributed by atoms with E-state index in [-0.39, 0.29) is 18.6 Å². The highest BCUT2D eigenvalue weighted by atomic mass is 16.6. The van der Waals surface area contributed by atoms with Crippen molar-refractivity contribution in [1.82, 2.24) is 19.3 Å². The van der Waals surface area contributed by atoms with Crippen LogP contribution in [0, 0.1) is 0 Å². The largest absolute Gasteiger partial charge is 0.458 e. The summed E-state index contributed by atoms with van der Waals surface area (Å²) < 4.78 is 8.73. The molecule has 0 saturated heterocycles. The molecule has 8 heteroatoms. The highest BCUT2D eigenvalue weighted by molar-refractivity contribution is 6.01. The maximum Gasteiger partial charge on any atom is 0.343 e. The molecule has 3 aromatic heterocycles. The molecule has 7 rings (SSSR count). The number of para-hydroxylation sites is 1. The van der Waals surface area contributed by atoms with Gasteiger partial charge in [0, 0.05) is 28.9 Å². The van der Waals surface area contributed by atoms with Crippen molar-refractivity contribution in [2.45, 2.75) is 32.1 Å². The lowest BCUT2D eigenvalue weighted by Gasteiger charge is -2.31. The van der Waals surface area contributed by atoms with E-state index in [1.807, 2.05) is 42.2 Å². The molecule has 5 aromatic rings. The minimum Gasteiger partial charge on any atom is -0.458 e. The first-order chi connectivity index (χ1) is 17.4. The molecule has 0 unspecified atom stereocenters. The van der Waals surface area contributed by atoms with E-state index in [1.54, 1.807) is 17.6 Å². The molecule has 2 aliphatic rings. The summed E-state index contributed by atoms with van der Waals surface area (Å²) in [5.41, 5.74) is 4.57. The van der Waals surface area contributed by atoms with Crippen LogP contribution in [0.15, 0.2) is 59.5 Å². The van der Waals surface area contributed by atoms with Crippen LogP contribution in [-0.2, 0) is 35.3 Å². The highest BCUT2D eigenvalue weighted by Crippen LogP contribution is 2.43. The third-order valence-electron chi connectivity index (χ3n) is 7.63. The molecule has 2 aromatic carbocycles. The first kappa shape index (κ1) is 21.0. The van der Waals surface area contributed by atoms with Crippen molar-refractivity contribution in [3.8, 4) is 22.5 Å². The summed E-state index contributed by atoms with van der Waals surface area (Å²) in [5, 5.41) is 17.6. The van der Waals surface area contributed by atoms with Crippen molar-refractivity contribution >= 4 is 27.8 Å². The van der Waals surface area contributed by atoms with E-state index in [0.29, 0.717) is 29.1 Å². The first-order valence-electron chi connectivity index (χ1n) is 11.9.